The SMILES string of the molecule is CCNC(=NCC(c1c(F)cccc1F)N(C)C)NCCCn1nc(C)cc1C.I. The number of aromatic nitrogens is 2. The lowest BCUT2D eigenvalue weighted by atomic mass is 10.0. The molecule has 2 aromatic rings. The average molecular weight is 534 g/mol. The van der Waals surface area contributed by atoms with Gasteiger partial charge in [0.05, 0.1) is 18.3 Å². The molecule has 0 spiro atoms. The molecule has 30 heavy (non-hydrogen) atoms. The van der Waals surface area contributed by atoms with Crippen LogP contribution in [0.2, 0.25) is 0 Å². The summed E-state index contributed by atoms with van der Waals surface area (Å²) in [5.41, 5.74) is 2.20. The van der Waals surface area contributed by atoms with E-state index in [9.17, 15) is 8.78 Å². The molecule has 168 valence electrons. The summed E-state index contributed by atoms with van der Waals surface area (Å²) in [5.74, 6) is -0.479. The number of hydrogen-bond acceptors (Lipinski definition) is 3. The van der Waals surface area contributed by atoms with E-state index in [0.29, 0.717) is 19.0 Å². The van der Waals surface area contributed by atoms with E-state index < -0.39 is 17.7 Å². The Balaban J connectivity index is 0.00000450. The van der Waals surface area contributed by atoms with Crippen molar-refractivity contribution in [2.45, 2.75) is 39.8 Å². The summed E-state index contributed by atoms with van der Waals surface area (Å²) in [6, 6.07) is 5.49. The van der Waals surface area contributed by atoms with Gasteiger partial charge in [0.1, 0.15) is 11.6 Å². The van der Waals surface area contributed by atoms with Crippen molar-refractivity contribution in [3.63, 3.8) is 0 Å². The van der Waals surface area contributed by atoms with Crippen molar-refractivity contribution >= 4 is 29.9 Å². The maximum Gasteiger partial charge on any atom is 0.191 e. The Hall–Kier alpha value is -1.75. The molecule has 0 aliphatic carbocycles. The zero-order valence-electron chi connectivity index (χ0n) is 18.4. The van der Waals surface area contributed by atoms with Crippen LogP contribution in [-0.4, -0.2) is 54.4 Å². The minimum atomic E-state index is -0.554. The Bertz CT molecular complexity index is 802. The van der Waals surface area contributed by atoms with Crippen molar-refractivity contribution in [3.05, 3.63) is 52.9 Å². The Kier molecular flexibility index (Phi) is 11.2. The standard InChI is InChI=1S/C21H32F2N6.HI/c1-6-24-21(25-11-8-12-29-16(3)13-15(2)27-29)26-14-19(28(4)5)20-17(22)9-7-10-18(20)23;/h7,9-10,13,19H,6,8,11-12,14H2,1-5H3,(H2,24,25,26);1H. The third-order valence-corrected chi connectivity index (χ3v) is 4.67. The Labute approximate surface area is 195 Å². The molecule has 1 heterocycles. The summed E-state index contributed by atoms with van der Waals surface area (Å²) in [5, 5.41) is 10.9. The molecular formula is C21H33F2IN6. The van der Waals surface area contributed by atoms with Crippen LogP contribution in [0, 0.1) is 25.5 Å². The van der Waals surface area contributed by atoms with Crippen LogP contribution in [-0.2, 0) is 6.54 Å². The third kappa shape index (κ3) is 7.50. The zero-order chi connectivity index (χ0) is 21.4. The molecule has 6 nitrogen and oxygen atoms in total. The predicted octanol–water partition coefficient (Wildman–Crippen LogP) is 3.64. The average Bonchev–Trinajstić information content (AvgIpc) is 2.97. The molecule has 0 aliphatic rings. The second-order valence-electron chi connectivity index (χ2n) is 7.26. The molecule has 0 saturated carbocycles. The minimum absolute atomic E-state index is 0. The van der Waals surface area contributed by atoms with Crippen LogP contribution in [0.15, 0.2) is 29.3 Å². The summed E-state index contributed by atoms with van der Waals surface area (Å²) in [6.07, 6.45) is 0.880. The number of nitrogens with zero attached hydrogens (tertiary/aromatic N) is 4. The number of aliphatic imine (C=N–C) groups is 1. The van der Waals surface area contributed by atoms with E-state index in [1.807, 2.05) is 25.5 Å². The fraction of sp³-hybridized carbons (Fsp3) is 0.524. The highest BCUT2D eigenvalue weighted by Crippen LogP contribution is 2.24. The molecule has 0 bridgehead atoms. The summed E-state index contributed by atoms with van der Waals surface area (Å²) >= 11 is 0. The van der Waals surface area contributed by atoms with Crippen LogP contribution in [0.3, 0.4) is 0 Å². The highest BCUT2D eigenvalue weighted by atomic mass is 127. The molecule has 0 saturated heterocycles. The van der Waals surface area contributed by atoms with Gasteiger partial charge in [-0.1, -0.05) is 6.07 Å². The molecule has 2 rings (SSSR count). The fourth-order valence-electron chi connectivity index (χ4n) is 3.20. The molecule has 1 atom stereocenters. The Morgan fingerprint density at radius 1 is 1.20 bits per heavy atom. The summed E-state index contributed by atoms with van der Waals surface area (Å²) in [4.78, 5) is 6.33. The molecule has 1 aromatic heterocycles. The smallest absolute Gasteiger partial charge is 0.191 e. The first-order chi connectivity index (χ1) is 13.8. The quantitative estimate of drug-likeness (QED) is 0.223. The van der Waals surface area contributed by atoms with E-state index in [4.69, 9.17) is 0 Å². The topological polar surface area (TPSA) is 57.5 Å². The van der Waals surface area contributed by atoms with Gasteiger partial charge in [0.2, 0.25) is 0 Å². The minimum Gasteiger partial charge on any atom is -0.357 e. The van der Waals surface area contributed by atoms with Gasteiger partial charge in [0, 0.05) is 30.9 Å². The van der Waals surface area contributed by atoms with E-state index in [0.717, 1.165) is 24.4 Å². The molecule has 2 N–H and O–H groups in total. The number of nitrogens with one attached hydrogen (secondary N) is 2. The van der Waals surface area contributed by atoms with Gasteiger partial charge < -0.3 is 15.5 Å². The van der Waals surface area contributed by atoms with Crippen molar-refractivity contribution in [1.29, 1.82) is 0 Å². The second-order valence-corrected chi connectivity index (χ2v) is 7.26. The van der Waals surface area contributed by atoms with E-state index in [1.165, 1.54) is 18.2 Å². The van der Waals surface area contributed by atoms with Crippen molar-refractivity contribution in [2.24, 2.45) is 4.99 Å². The molecule has 1 unspecified atom stereocenters. The maximum atomic E-state index is 14.2. The number of hydrogen-bond donors (Lipinski definition) is 2. The number of rotatable bonds is 9. The lowest BCUT2D eigenvalue weighted by molar-refractivity contribution is 0.290. The number of aryl methyl sites for hydroxylation is 3. The number of benzene rings is 1. The number of likely N-dealkylation sites (N-methyl/N-ethyl adjacent to an activating group) is 1. The molecule has 0 amide bonds. The molecule has 1 aromatic carbocycles. The lowest BCUT2D eigenvalue weighted by Gasteiger charge is -2.24. The number of halogens is 3. The first-order valence-corrected chi connectivity index (χ1v) is 9.97. The Morgan fingerprint density at radius 2 is 1.87 bits per heavy atom. The van der Waals surface area contributed by atoms with E-state index in [2.05, 4.69) is 26.8 Å². The lowest BCUT2D eigenvalue weighted by Crippen LogP contribution is -2.39. The van der Waals surface area contributed by atoms with Gasteiger partial charge in [-0.3, -0.25) is 9.67 Å². The van der Waals surface area contributed by atoms with Crippen molar-refractivity contribution in [2.75, 3.05) is 33.7 Å². The normalized spacial score (nSPS) is 12.6. The van der Waals surface area contributed by atoms with E-state index >= 15 is 0 Å². The van der Waals surface area contributed by atoms with Gasteiger partial charge in [0.15, 0.2) is 5.96 Å². The zero-order valence-corrected chi connectivity index (χ0v) is 20.7. The van der Waals surface area contributed by atoms with Crippen molar-refractivity contribution in [3.8, 4) is 0 Å². The van der Waals surface area contributed by atoms with Crippen molar-refractivity contribution < 1.29 is 8.78 Å². The van der Waals surface area contributed by atoms with Gasteiger partial charge in [0.25, 0.3) is 0 Å². The maximum absolute atomic E-state index is 14.2. The fourth-order valence-corrected chi connectivity index (χ4v) is 3.20. The number of guanidine groups is 1. The first-order valence-electron chi connectivity index (χ1n) is 9.97. The van der Waals surface area contributed by atoms with Crippen LogP contribution >= 0.6 is 24.0 Å². The summed E-state index contributed by atoms with van der Waals surface area (Å²) in [7, 11) is 3.58. The molecule has 9 heteroatoms. The first kappa shape index (κ1) is 26.3. The molecular weight excluding hydrogens is 501 g/mol. The monoisotopic (exact) mass is 534 g/mol. The van der Waals surface area contributed by atoms with Crippen molar-refractivity contribution in [1.82, 2.24) is 25.3 Å². The van der Waals surface area contributed by atoms with Gasteiger partial charge in [-0.2, -0.15) is 5.10 Å². The van der Waals surface area contributed by atoms with Crippen LogP contribution < -0.4 is 10.6 Å². The van der Waals surface area contributed by atoms with Crippen LogP contribution in [0.4, 0.5) is 8.78 Å². The van der Waals surface area contributed by atoms with E-state index in [-0.39, 0.29) is 36.1 Å². The predicted molar refractivity (Wildman–Crippen MR) is 129 cm³/mol. The Morgan fingerprint density at radius 3 is 2.40 bits per heavy atom. The molecule has 0 radical (unpaired) electrons. The molecule has 0 aliphatic heterocycles. The second kappa shape index (κ2) is 12.8. The molecule has 0 fully saturated rings. The third-order valence-electron chi connectivity index (χ3n) is 4.67. The summed E-state index contributed by atoms with van der Waals surface area (Å²) < 4.78 is 30.4. The van der Waals surface area contributed by atoms with Crippen LogP contribution in [0.5, 0.6) is 0 Å². The van der Waals surface area contributed by atoms with Crippen LogP contribution in [0.25, 0.3) is 0 Å². The summed E-state index contributed by atoms with van der Waals surface area (Å²) in [6.45, 7) is 8.46. The largest absolute Gasteiger partial charge is 0.357 e. The van der Waals surface area contributed by atoms with E-state index in [1.54, 1.807) is 19.0 Å². The van der Waals surface area contributed by atoms with Gasteiger partial charge >= 0.3 is 0 Å². The highest BCUT2D eigenvalue weighted by Gasteiger charge is 2.22. The van der Waals surface area contributed by atoms with Crippen LogP contribution in [0.1, 0.15) is 36.3 Å². The van der Waals surface area contributed by atoms with Gasteiger partial charge in [-0.25, -0.2) is 8.78 Å². The van der Waals surface area contributed by atoms with Gasteiger partial charge in [-0.05, 0) is 59.5 Å². The highest BCUT2D eigenvalue weighted by molar-refractivity contribution is 14.0. The van der Waals surface area contributed by atoms with Gasteiger partial charge in [-0.15, -0.1) is 24.0 Å².